The highest BCUT2D eigenvalue weighted by Gasteiger charge is 2.22. The first-order chi connectivity index (χ1) is 15.1. The molecule has 0 fully saturated rings. The number of fused-ring (bicyclic) bond motifs is 1. The maximum Gasteiger partial charge on any atom is 0.230 e. The number of para-hydroxylation sites is 1. The number of carbonyl (C=O) groups is 2. The first-order valence-electron chi connectivity index (χ1n) is 10.2. The SMILES string of the molecule is CCOc1ccc(C(=O)c2oc3ccccc3c2NCC(=O)c2ccc(C)cc2)cc1. The standard InChI is InChI=1S/C26H23NO4/c1-3-30-20-14-12-19(13-15-20)25(29)26-24(21-6-4-5-7-23(21)31-26)27-16-22(28)18-10-8-17(2)9-11-18/h4-15,27H,3,16H2,1-2H3. The minimum atomic E-state index is -0.260. The summed E-state index contributed by atoms with van der Waals surface area (Å²) >= 11 is 0. The fraction of sp³-hybridized carbons (Fsp3) is 0.154. The molecule has 1 N–H and O–H groups in total. The Labute approximate surface area is 180 Å². The molecule has 4 aromatic rings. The van der Waals surface area contributed by atoms with Gasteiger partial charge in [-0.05, 0) is 50.2 Å². The maximum absolute atomic E-state index is 13.2. The number of hydrogen-bond acceptors (Lipinski definition) is 5. The molecule has 0 aliphatic heterocycles. The zero-order valence-electron chi connectivity index (χ0n) is 17.5. The third-order valence-electron chi connectivity index (χ3n) is 5.03. The fourth-order valence-corrected chi connectivity index (χ4v) is 3.39. The van der Waals surface area contributed by atoms with Gasteiger partial charge in [-0.15, -0.1) is 0 Å². The number of benzene rings is 3. The zero-order valence-corrected chi connectivity index (χ0v) is 17.5. The Hall–Kier alpha value is -3.86. The number of rotatable bonds is 8. The second kappa shape index (κ2) is 8.88. The summed E-state index contributed by atoms with van der Waals surface area (Å²) in [7, 11) is 0. The van der Waals surface area contributed by atoms with E-state index in [4.69, 9.17) is 9.15 Å². The predicted octanol–water partition coefficient (Wildman–Crippen LogP) is 5.67. The Kier molecular flexibility index (Phi) is 5.85. The average Bonchev–Trinajstić information content (AvgIpc) is 3.17. The quantitative estimate of drug-likeness (QED) is 0.377. The number of aryl methyl sites for hydroxylation is 1. The van der Waals surface area contributed by atoms with Gasteiger partial charge in [0.1, 0.15) is 11.3 Å². The van der Waals surface area contributed by atoms with Crippen LogP contribution < -0.4 is 10.1 Å². The Balaban J connectivity index is 1.63. The van der Waals surface area contributed by atoms with Gasteiger partial charge in [-0.3, -0.25) is 9.59 Å². The van der Waals surface area contributed by atoms with Crippen LogP contribution in [0.1, 0.15) is 39.0 Å². The molecule has 0 bridgehead atoms. The molecule has 5 heteroatoms. The monoisotopic (exact) mass is 413 g/mol. The lowest BCUT2D eigenvalue weighted by Gasteiger charge is -2.08. The van der Waals surface area contributed by atoms with Gasteiger partial charge in [0.05, 0.1) is 18.8 Å². The number of hydrogen-bond donors (Lipinski definition) is 1. The van der Waals surface area contributed by atoms with Crippen molar-refractivity contribution >= 4 is 28.2 Å². The van der Waals surface area contributed by atoms with Crippen molar-refractivity contribution in [3.63, 3.8) is 0 Å². The molecule has 5 nitrogen and oxygen atoms in total. The molecule has 31 heavy (non-hydrogen) atoms. The molecule has 0 unspecified atom stereocenters. The van der Waals surface area contributed by atoms with Crippen molar-refractivity contribution in [3.8, 4) is 5.75 Å². The van der Waals surface area contributed by atoms with Crippen molar-refractivity contribution in [1.29, 1.82) is 0 Å². The van der Waals surface area contributed by atoms with Crippen LogP contribution in [0, 0.1) is 6.92 Å². The molecular weight excluding hydrogens is 390 g/mol. The van der Waals surface area contributed by atoms with Crippen LogP contribution in [0.2, 0.25) is 0 Å². The summed E-state index contributed by atoms with van der Waals surface area (Å²) in [4.78, 5) is 25.8. The topological polar surface area (TPSA) is 68.5 Å². The van der Waals surface area contributed by atoms with Crippen molar-refractivity contribution in [3.05, 3.63) is 95.2 Å². The second-order valence-electron chi connectivity index (χ2n) is 7.23. The van der Waals surface area contributed by atoms with Gasteiger partial charge in [0.15, 0.2) is 11.5 Å². The van der Waals surface area contributed by atoms with Crippen molar-refractivity contribution in [2.75, 3.05) is 18.5 Å². The van der Waals surface area contributed by atoms with Gasteiger partial charge in [0.2, 0.25) is 5.78 Å². The molecule has 156 valence electrons. The van der Waals surface area contributed by atoms with Crippen LogP contribution in [0.15, 0.2) is 77.2 Å². The first-order valence-corrected chi connectivity index (χ1v) is 10.2. The summed E-state index contributed by atoms with van der Waals surface area (Å²) < 4.78 is 11.3. The van der Waals surface area contributed by atoms with Crippen molar-refractivity contribution in [2.24, 2.45) is 0 Å². The number of Topliss-reactive ketones (excluding diaryl/α,β-unsaturated/α-hetero) is 1. The minimum absolute atomic E-state index is 0.0517. The molecule has 1 aromatic heterocycles. The summed E-state index contributed by atoms with van der Waals surface area (Å²) in [5.41, 5.74) is 3.30. The highest BCUT2D eigenvalue weighted by molar-refractivity contribution is 6.15. The van der Waals surface area contributed by atoms with Crippen LogP contribution in [0.5, 0.6) is 5.75 Å². The van der Waals surface area contributed by atoms with Crippen LogP contribution in [-0.2, 0) is 0 Å². The van der Waals surface area contributed by atoms with Gasteiger partial charge in [-0.2, -0.15) is 0 Å². The van der Waals surface area contributed by atoms with E-state index in [0.29, 0.717) is 34.8 Å². The van der Waals surface area contributed by atoms with E-state index >= 15 is 0 Å². The van der Waals surface area contributed by atoms with Crippen molar-refractivity contribution in [1.82, 2.24) is 0 Å². The number of ketones is 2. The third-order valence-corrected chi connectivity index (χ3v) is 5.03. The molecule has 0 radical (unpaired) electrons. The summed E-state index contributed by atoms with van der Waals surface area (Å²) in [5, 5.41) is 3.90. The third kappa shape index (κ3) is 4.36. The molecule has 0 aliphatic carbocycles. The Morgan fingerprint density at radius 1 is 0.903 bits per heavy atom. The van der Waals surface area contributed by atoms with Crippen LogP contribution in [0.3, 0.4) is 0 Å². The molecule has 0 spiro atoms. The summed E-state index contributed by atoms with van der Waals surface area (Å²) in [5.74, 6) is 0.557. The predicted molar refractivity (Wildman–Crippen MR) is 121 cm³/mol. The van der Waals surface area contributed by atoms with Gasteiger partial charge >= 0.3 is 0 Å². The summed E-state index contributed by atoms with van der Waals surface area (Å²) in [6.45, 7) is 4.49. The van der Waals surface area contributed by atoms with Gasteiger partial charge < -0.3 is 14.5 Å². The summed E-state index contributed by atoms with van der Waals surface area (Å²) in [6, 6.07) is 21.7. The van der Waals surface area contributed by atoms with E-state index in [1.807, 2.05) is 44.2 Å². The molecule has 0 aliphatic rings. The minimum Gasteiger partial charge on any atom is -0.494 e. The lowest BCUT2D eigenvalue weighted by molar-refractivity contribution is 0.0997. The molecule has 0 amide bonds. The highest BCUT2D eigenvalue weighted by Crippen LogP contribution is 2.32. The van der Waals surface area contributed by atoms with Crippen molar-refractivity contribution < 1.29 is 18.7 Å². The van der Waals surface area contributed by atoms with Gasteiger partial charge in [-0.25, -0.2) is 0 Å². The van der Waals surface area contributed by atoms with E-state index in [1.165, 1.54) is 0 Å². The number of carbonyl (C=O) groups excluding carboxylic acids is 2. The molecule has 1 heterocycles. The molecular formula is C26H23NO4. The molecule has 0 saturated carbocycles. The van der Waals surface area contributed by atoms with Crippen LogP contribution in [-0.4, -0.2) is 24.7 Å². The average molecular weight is 413 g/mol. The smallest absolute Gasteiger partial charge is 0.230 e. The fourth-order valence-electron chi connectivity index (χ4n) is 3.39. The number of anilines is 1. The molecule has 4 rings (SSSR count). The van der Waals surface area contributed by atoms with E-state index in [2.05, 4.69) is 5.32 Å². The lowest BCUT2D eigenvalue weighted by Crippen LogP contribution is -2.15. The Morgan fingerprint density at radius 2 is 1.58 bits per heavy atom. The number of ether oxygens (including phenoxy) is 1. The molecule has 0 atom stereocenters. The van der Waals surface area contributed by atoms with E-state index in [9.17, 15) is 9.59 Å². The Morgan fingerprint density at radius 3 is 2.29 bits per heavy atom. The first kappa shape index (κ1) is 20.4. The van der Waals surface area contributed by atoms with Crippen LogP contribution >= 0.6 is 0 Å². The Bertz CT molecular complexity index is 1220. The number of nitrogens with one attached hydrogen (secondary N) is 1. The molecule has 0 saturated heterocycles. The van der Waals surface area contributed by atoms with Crippen LogP contribution in [0.4, 0.5) is 5.69 Å². The van der Waals surface area contributed by atoms with E-state index in [1.54, 1.807) is 42.5 Å². The lowest BCUT2D eigenvalue weighted by atomic mass is 10.1. The normalized spacial score (nSPS) is 10.8. The van der Waals surface area contributed by atoms with E-state index < -0.39 is 0 Å². The van der Waals surface area contributed by atoms with Gasteiger partial charge in [0.25, 0.3) is 0 Å². The second-order valence-corrected chi connectivity index (χ2v) is 7.23. The van der Waals surface area contributed by atoms with Gasteiger partial charge in [0, 0.05) is 16.5 Å². The highest BCUT2D eigenvalue weighted by atomic mass is 16.5. The largest absolute Gasteiger partial charge is 0.494 e. The molecule has 3 aromatic carbocycles. The van der Waals surface area contributed by atoms with E-state index in [-0.39, 0.29) is 23.9 Å². The van der Waals surface area contributed by atoms with Crippen LogP contribution in [0.25, 0.3) is 11.0 Å². The summed E-state index contributed by atoms with van der Waals surface area (Å²) in [6.07, 6.45) is 0. The maximum atomic E-state index is 13.2. The van der Waals surface area contributed by atoms with Gasteiger partial charge in [-0.1, -0.05) is 42.0 Å². The number of furan rings is 1. The van der Waals surface area contributed by atoms with Crippen molar-refractivity contribution in [2.45, 2.75) is 13.8 Å². The zero-order chi connectivity index (χ0) is 21.8. The van der Waals surface area contributed by atoms with E-state index in [0.717, 1.165) is 10.9 Å².